The Kier molecular flexibility index (Phi) is 5.00. The molecule has 0 bridgehead atoms. The number of urea groups is 1. The number of aromatic nitrogens is 2. The van der Waals surface area contributed by atoms with E-state index in [0.717, 1.165) is 25.8 Å². The highest BCUT2D eigenvalue weighted by molar-refractivity contribution is 5.89. The minimum atomic E-state index is -0.147. The summed E-state index contributed by atoms with van der Waals surface area (Å²) in [5, 5.41) is 16.5. The van der Waals surface area contributed by atoms with E-state index in [4.69, 9.17) is 0 Å². The van der Waals surface area contributed by atoms with Crippen LogP contribution >= 0.6 is 0 Å². The lowest BCUT2D eigenvalue weighted by Gasteiger charge is -2.38. The molecule has 1 aromatic rings. The van der Waals surface area contributed by atoms with Crippen LogP contribution in [-0.4, -0.2) is 45.0 Å². The fourth-order valence-electron chi connectivity index (χ4n) is 2.75. The normalized spacial score (nSPS) is 22.9. The van der Waals surface area contributed by atoms with Crippen LogP contribution in [0.15, 0.2) is 12.4 Å². The Balaban J connectivity index is 1.98. The number of carbonyl (C=O) groups excluding carboxylic acids is 1. The van der Waals surface area contributed by atoms with E-state index in [0.29, 0.717) is 18.2 Å². The average Bonchev–Trinajstić information content (AvgIpc) is 2.86. The first kappa shape index (κ1) is 14.8. The van der Waals surface area contributed by atoms with Crippen LogP contribution in [0.25, 0.3) is 0 Å². The van der Waals surface area contributed by atoms with Gasteiger partial charge in [0.1, 0.15) is 0 Å². The van der Waals surface area contributed by atoms with E-state index in [1.54, 1.807) is 11.1 Å². The molecule has 2 amide bonds. The highest BCUT2D eigenvalue weighted by Crippen LogP contribution is 2.23. The Morgan fingerprint density at radius 3 is 3.10 bits per heavy atom. The Bertz CT molecular complexity index is 446. The summed E-state index contributed by atoms with van der Waals surface area (Å²) in [4.78, 5) is 14.1. The van der Waals surface area contributed by atoms with E-state index < -0.39 is 0 Å². The lowest BCUT2D eigenvalue weighted by Crippen LogP contribution is -2.51. The van der Waals surface area contributed by atoms with Crippen LogP contribution in [-0.2, 0) is 6.54 Å². The van der Waals surface area contributed by atoms with Crippen molar-refractivity contribution in [3.8, 4) is 0 Å². The Labute approximate surface area is 119 Å². The summed E-state index contributed by atoms with van der Waals surface area (Å²) in [6.45, 7) is 5.73. The Morgan fingerprint density at radius 2 is 2.40 bits per heavy atom. The predicted octanol–water partition coefficient (Wildman–Crippen LogP) is 1.92. The van der Waals surface area contributed by atoms with E-state index in [9.17, 15) is 9.90 Å². The van der Waals surface area contributed by atoms with Crippen molar-refractivity contribution in [2.75, 3.05) is 18.5 Å². The van der Waals surface area contributed by atoms with Gasteiger partial charge in [0.25, 0.3) is 0 Å². The number of aliphatic hydroxyl groups excluding tert-OH is 1. The summed E-state index contributed by atoms with van der Waals surface area (Å²) < 4.78 is 1.82. The van der Waals surface area contributed by atoms with Crippen molar-refractivity contribution in [2.45, 2.75) is 45.7 Å². The first-order valence-corrected chi connectivity index (χ1v) is 7.36. The Hall–Kier alpha value is -1.56. The number of aryl methyl sites for hydroxylation is 1. The number of aliphatic hydroxyl groups is 1. The third-order valence-electron chi connectivity index (χ3n) is 3.90. The minimum Gasteiger partial charge on any atom is -0.394 e. The molecular weight excluding hydrogens is 256 g/mol. The van der Waals surface area contributed by atoms with Crippen molar-refractivity contribution < 1.29 is 9.90 Å². The maximum absolute atomic E-state index is 12.3. The lowest BCUT2D eigenvalue weighted by atomic mass is 9.91. The molecule has 1 fully saturated rings. The van der Waals surface area contributed by atoms with Gasteiger partial charge in [0.15, 0.2) is 0 Å². The van der Waals surface area contributed by atoms with Crippen LogP contribution in [0.5, 0.6) is 0 Å². The van der Waals surface area contributed by atoms with Gasteiger partial charge in [-0.25, -0.2) is 4.79 Å². The molecule has 20 heavy (non-hydrogen) atoms. The molecule has 2 rings (SSSR count). The van der Waals surface area contributed by atoms with Crippen molar-refractivity contribution in [1.29, 1.82) is 0 Å². The molecule has 6 heteroatoms. The SMILES string of the molecule is CCCn1cc(NC(=O)N2CCCC(C)C2CO)cn1. The van der Waals surface area contributed by atoms with Gasteiger partial charge < -0.3 is 15.3 Å². The smallest absolute Gasteiger partial charge is 0.322 e. The number of carbonyl (C=O) groups is 1. The molecule has 2 N–H and O–H groups in total. The third kappa shape index (κ3) is 3.30. The molecule has 0 aliphatic carbocycles. The molecule has 0 radical (unpaired) electrons. The van der Waals surface area contributed by atoms with Crippen LogP contribution in [0.1, 0.15) is 33.1 Å². The molecule has 1 aliphatic heterocycles. The second-order valence-corrected chi connectivity index (χ2v) is 5.49. The highest BCUT2D eigenvalue weighted by Gasteiger charge is 2.31. The number of amides is 2. The second-order valence-electron chi connectivity index (χ2n) is 5.49. The average molecular weight is 280 g/mol. The highest BCUT2D eigenvalue weighted by atomic mass is 16.3. The first-order valence-electron chi connectivity index (χ1n) is 7.36. The number of hydrogen-bond donors (Lipinski definition) is 2. The Morgan fingerprint density at radius 1 is 1.60 bits per heavy atom. The molecule has 1 aromatic heterocycles. The predicted molar refractivity (Wildman–Crippen MR) is 77.5 cm³/mol. The summed E-state index contributed by atoms with van der Waals surface area (Å²) in [5.41, 5.74) is 0.707. The van der Waals surface area contributed by atoms with Crippen LogP contribution in [0, 0.1) is 5.92 Å². The van der Waals surface area contributed by atoms with E-state index in [2.05, 4.69) is 24.3 Å². The van der Waals surface area contributed by atoms with E-state index in [-0.39, 0.29) is 18.7 Å². The van der Waals surface area contributed by atoms with Crippen molar-refractivity contribution >= 4 is 11.7 Å². The zero-order valence-electron chi connectivity index (χ0n) is 12.2. The van der Waals surface area contributed by atoms with E-state index in [1.807, 2.05) is 10.9 Å². The van der Waals surface area contributed by atoms with Gasteiger partial charge in [-0.05, 0) is 25.2 Å². The molecule has 2 atom stereocenters. The molecule has 0 aromatic carbocycles. The molecule has 1 aliphatic rings. The summed E-state index contributed by atoms with van der Waals surface area (Å²) in [5.74, 6) is 0.335. The van der Waals surface area contributed by atoms with Crippen molar-refractivity contribution in [1.82, 2.24) is 14.7 Å². The molecule has 2 heterocycles. The lowest BCUT2D eigenvalue weighted by molar-refractivity contribution is 0.0811. The third-order valence-corrected chi connectivity index (χ3v) is 3.90. The van der Waals surface area contributed by atoms with Gasteiger partial charge in [-0.3, -0.25) is 4.68 Å². The van der Waals surface area contributed by atoms with Gasteiger partial charge in [0.05, 0.1) is 24.5 Å². The van der Waals surface area contributed by atoms with Crippen molar-refractivity contribution in [3.05, 3.63) is 12.4 Å². The molecule has 0 saturated carbocycles. The van der Waals surface area contributed by atoms with Gasteiger partial charge in [-0.15, -0.1) is 0 Å². The number of piperidine rings is 1. The number of anilines is 1. The zero-order chi connectivity index (χ0) is 14.5. The van der Waals surface area contributed by atoms with Gasteiger partial charge in [0.2, 0.25) is 0 Å². The maximum atomic E-state index is 12.3. The van der Waals surface area contributed by atoms with Crippen molar-refractivity contribution in [2.24, 2.45) is 5.92 Å². The topological polar surface area (TPSA) is 70.4 Å². The number of nitrogens with one attached hydrogen (secondary N) is 1. The zero-order valence-corrected chi connectivity index (χ0v) is 12.2. The van der Waals surface area contributed by atoms with E-state index >= 15 is 0 Å². The fraction of sp³-hybridized carbons (Fsp3) is 0.714. The first-order chi connectivity index (χ1) is 9.65. The molecule has 2 unspecified atom stereocenters. The molecule has 6 nitrogen and oxygen atoms in total. The van der Waals surface area contributed by atoms with Crippen LogP contribution in [0.3, 0.4) is 0 Å². The standard InChI is InChI=1S/C14H24N4O2/c1-3-6-17-9-12(8-15-17)16-14(20)18-7-4-5-11(2)13(18)10-19/h8-9,11,13,19H,3-7,10H2,1-2H3,(H,16,20). The largest absolute Gasteiger partial charge is 0.394 e. The van der Waals surface area contributed by atoms with Gasteiger partial charge >= 0.3 is 6.03 Å². The summed E-state index contributed by atoms with van der Waals surface area (Å²) in [6, 6.07) is -0.235. The van der Waals surface area contributed by atoms with Gasteiger partial charge in [0, 0.05) is 19.3 Å². The van der Waals surface area contributed by atoms with Crippen LogP contribution in [0.4, 0.5) is 10.5 Å². The number of rotatable bonds is 4. The van der Waals surface area contributed by atoms with Gasteiger partial charge in [-0.1, -0.05) is 13.8 Å². The number of likely N-dealkylation sites (tertiary alicyclic amines) is 1. The summed E-state index contributed by atoms with van der Waals surface area (Å²) in [6.07, 6.45) is 6.55. The second kappa shape index (κ2) is 6.74. The molecular formula is C14H24N4O2. The number of hydrogen-bond acceptors (Lipinski definition) is 3. The molecule has 1 saturated heterocycles. The van der Waals surface area contributed by atoms with Crippen LogP contribution < -0.4 is 5.32 Å². The quantitative estimate of drug-likeness (QED) is 0.885. The molecule has 0 spiro atoms. The van der Waals surface area contributed by atoms with Crippen LogP contribution in [0.2, 0.25) is 0 Å². The van der Waals surface area contributed by atoms with Gasteiger partial charge in [-0.2, -0.15) is 5.10 Å². The monoisotopic (exact) mass is 280 g/mol. The minimum absolute atomic E-state index is 0.0175. The summed E-state index contributed by atoms with van der Waals surface area (Å²) in [7, 11) is 0. The van der Waals surface area contributed by atoms with E-state index in [1.165, 1.54) is 0 Å². The number of nitrogens with zero attached hydrogens (tertiary/aromatic N) is 3. The fourth-order valence-corrected chi connectivity index (χ4v) is 2.75. The maximum Gasteiger partial charge on any atom is 0.322 e. The summed E-state index contributed by atoms with van der Waals surface area (Å²) >= 11 is 0. The molecule has 112 valence electrons. The van der Waals surface area contributed by atoms with Crippen molar-refractivity contribution in [3.63, 3.8) is 0 Å².